The van der Waals surface area contributed by atoms with Crippen molar-refractivity contribution >= 4 is 50.5 Å². The van der Waals surface area contributed by atoms with Gasteiger partial charge in [-0.1, -0.05) is 11.8 Å². The third kappa shape index (κ3) is 5.92. The molecule has 2 rings (SSSR count). The van der Waals surface area contributed by atoms with Crippen molar-refractivity contribution in [1.29, 1.82) is 0 Å². The molecule has 1 aliphatic heterocycles. The summed E-state index contributed by atoms with van der Waals surface area (Å²) in [6, 6.07) is 6.18. The summed E-state index contributed by atoms with van der Waals surface area (Å²) in [6.07, 6.45) is -1.07. The van der Waals surface area contributed by atoms with Crippen LogP contribution in [0.1, 0.15) is 20.8 Å². The summed E-state index contributed by atoms with van der Waals surface area (Å²) >= 11 is 1.33. The Morgan fingerprint density at radius 2 is 1.88 bits per heavy atom. The number of nitrogens with zero attached hydrogens (tertiary/aromatic N) is 2. The molecule has 1 aromatic rings. The Balaban J connectivity index is 2.01. The largest absolute Gasteiger partial charge is 0.443 e. The molecule has 2 amide bonds. The standard InChI is InChI=1S/C15H20N4O5S2/c1-15(2,3)24-14(21)18-26(22,23)17-11-7-5-10(6-8-11)16-13-19(4)12(20)9-25-13/h5-8,17H,9H2,1-4H3,(H,18,21). The van der Waals surface area contributed by atoms with Gasteiger partial charge in [-0.3, -0.25) is 14.4 Å². The van der Waals surface area contributed by atoms with Crippen molar-refractivity contribution in [2.75, 3.05) is 17.5 Å². The molecule has 0 atom stereocenters. The van der Waals surface area contributed by atoms with Crippen LogP contribution in [-0.2, 0) is 19.7 Å². The van der Waals surface area contributed by atoms with Crippen molar-refractivity contribution in [3.05, 3.63) is 24.3 Å². The molecular formula is C15H20N4O5S2. The van der Waals surface area contributed by atoms with Crippen LogP contribution in [0.2, 0.25) is 0 Å². The quantitative estimate of drug-likeness (QED) is 0.799. The third-order valence-electron chi connectivity index (χ3n) is 2.95. The summed E-state index contributed by atoms with van der Waals surface area (Å²) in [5.41, 5.74) is -0.00153. The van der Waals surface area contributed by atoms with Crippen molar-refractivity contribution in [3.63, 3.8) is 0 Å². The Morgan fingerprint density at radius 1 is 1.27 bits per heavy atom. The smallest absolute Gasteiger partial charge is 0.422 e. The second kappa shape index (κ2) is 7.54. The Bertz CT molecular complexity index is 829. The minimum Gasteiger partial charge on any atom is -0.443 e. The Hall–Kier alpha value is -2.27. The second-order valence-electron chi connectivity index (χ2n) is 6.39. The van der Waals surface area contributed by atoms with E-state index >= 15 is 0 Å². The SMILES string of the molecule is CN1C(=O)CSC1=Nc1ccc(NS(=O)(=O)NC(=O)OC(C)(C)C)cc1. The van der Waals surface area contributed by atoms with Crippen molar-refractivity contribution < 1.29 is 22.7 Å². The zero-order valence-electron chi connectivity index (χ0n) is 14.8. The summed E-state index contributed by atoms with van der Waals surface area (Å²) in [5, 5.41) is 0.579. The van der Waals surface area contributed by atoms with Gasteiger partial charge in [-0.15, -0.1) is 0 Å². The maximum Gasteiger partial charge on any atom is 0.422 e. The molecule has 1 heterocycles. The third-order valence-corrected chi connectivity index (χ3v) is 4.90. The van der Waals surface area contributed by atoms with Crippen LogP contribution in [0.25, 0.3) is 0 Å². The van der Waals surface area contributed by atoms with Gasteiger partial charge in [0.2, 0.25) is 5.91 Å². The van der Waals surface area contributed by atoms with Gasteiger partial charge in [0.15, 0.2) is 5.17 Å². The molecule has 0 aromatic heterocycles. The van der Waals surface area contributed by atoms with Crippen LogP contribution in [0.3, 0.4) is 0 Å². The molecule has 0 aliphatic carbocycles. The summed E-state index contributed by atoms with van der Waals surface area (Å²) in [7, 11) is -2.48. The van der Waals surface area contributed by atoms with E-state index in [0.717, 1.165) is 0 Å². The molecule has 1 aliphatic rings. The van der Waals surface area contributed by atoms with Crippen LogP contribution < -0.4 is 9.44 Å². The maximum absolute atomic E-state index is 11.9. The fraction of sp³-hybridized carbons (Fsp3) is 0.400. The van der Waals surface area contributed by atoms with Crippen LogP contribution in [0.15, 0.2) is 29.3 Å². The minimum atomic E-state index is -4.12. The number of nitrogens with one attached hydrogen (secondary N) is 2. The Labute approximate surface area is 156 Å². The van der Waals surface area contributed by atoms with Gasteiger partial charge in [-0.25, -0.2) is 14.5 Å². The maximum atomic E-state index is 11.9. The summed E-state index contributed by atoms with van der Waals surface area (Å²) in [6.45, 7) is 4.88. The first-order chi connectivity index (χ1) is 12.0. The fourth-order valence-electron chi connectivity index (χ4n) is 1.84. The first-order valence-electron chi connectivity index (χ1n) is 7.57. The molecular weight excluding hydrogens is 380 g/mol. The number of anilines is 1. The molecule has 142 valence electrons. The highest BCUT2D eigenvalue weighted by molar-refractivity contribution is 8.15. The van der Waals surface area contributed by atoms with E-state index in [1.165, 1.54) is 28.8 Å². The van der Waals surface area contributed by atoms with Crippen LogP contribution in [0.4, 0.5) is 16.2 Å². The first kappa shape index (κ1) is 20.0. The van der Waals surface area contributed by atoms with Gasteiger partial charge in [0.05, 0.1) is 17.1 Å². The lowest BCUT2D eigenvalue weighted by Crippen LogP contribution is -2.39. The van der Waals surface area contributed by atoms with E-state index in [9.17, 15) is 18.0 Å². The number of amides is 2. The number of aliphatic imine (C=N–C) groups is 1. The van der Waals surface area contributed by atoms with E-state index in [4.69, 9.17) is 4.74 Å². The monoisotopic (exact) mass is 400 g/mol. The molecule has 26 heavy (non-hydrogen) atoms. The molecule has 0 radical (unpaired) electrons. The van der Waals surface area contributed by atoms with Gasteiger partial charge < -0.3 is 4.74 Å². The summed E-state index contributed by atoms with van der Waals surface area (Å²) < 4.78 is 32.8. The average molecular weight is 400 g/mol. The van der Waals surface area contributed by atoms with Crippen molar-refractivity contribution in [2.45, 2.75) is 26.4 Å². The number of amidine groups is 1. The first-order valence-corrected chi connectivity index (χ1v) is 10.0. The molecule has 1 aromatic carbocycles. The number of ether oxygens (including phenoxy) is 1. The molecule has 2 N–H and O–H groups in total. The van der Waals surface area contributed by atoms with Crippen LogP contribution in [0, 0.1) is 0 Å². The number of carbonyl (C=O) groups excluding carboxylic acids is 2. The van der Waals surface area contributed by atoms with Crippen molar-refractivity contribution in [2.24, 2.45) is 4.99 Å². The lowest BCUT2D eigenvalue weighted by atomic mass is 10.2. The Kier molecular flexibility index (Phi) is 5.81. The van der Waals surface area contributed by atoms with Crippen molar-refractivity contribution in [1.82, 2.24) is 9.62 Å². The fourth-order valence-corrected chi connectivity index (χ4v) is 3.51. The summed E-state index contributed by atoms with van der Waals surface area (Å²) in [5.74, 6) is 0.329. The van der Waals surface area contributed by atoms with Crippen LogP contribution in [0.5, 0.6) is 0 Å². The van der Waals surface area contributed by atoms with Gasteiger partial charge in [0, 0.05) is 7.05 Å². The van der Waals surface area contributed by atoms with E-state index < -0.39 is 21.9 Å². The number of hydrogen-bond acceptors (Lipinski definition) is 7. The van der Waals surface area contributed by atoms with Gasteiger partial charge in [0.25, 0.3) is 0 Å². The van der Waals surface area contributed by atoms with Gasteiger partial charge in [-0.05, 0) is 45.0 Å². The highest BCUT2D eigenvalue weighted by Gasteiger charge is 2.24. The molecule has 9 nitrogen and oxygen atoms in total. The molecule has 0 saturated carbocycles. The second-order valence-corrected chi connectivity index (χ2v) is 8.75. The van der Waals surface area contributed by atoms with Gasteiger partial charge in [-0.2, -0.15) is 8.42 Å². The molecule has 0 bridgehead atoms. The number of hydrogen-bond donors (Lipinski definition) is 2. The number of rotatable bonds is 4. The van der Waals surface area contributed by atoms with Crippen LogP contribution >= 0.6 is 11.8 Å². The molecule has 1 fully saturated rings. The topological polar surface area (TPSA) is 117 Å². The zero-order chi connectivity index (χ0) is 19.5. The van der Waals surface area contributed by atoms with Gasteiger partial charge in [0.1, 0.15) is 5.60 Å². The van der Waals surface area contributed by atoms with Crippen molar-refractivity contribution in [3.8, 4) is 0 Å². The molecule has 11 heteroatoms. The molecule has 1 saturated heterocycles. The van der Waals surface area contributed by atoms with E-state index in [1.54, 1.807) is 44.7 Å². The molecule has 0 unspecified atom stereocenters. The van der Waals surface area contributed by atoms with Gasteiger partial charge >= 0.3 is 16.3 Å². The zero-order valence-corrected chi connectivity index (χ0v) is 16.4. The Morgan fingerprint density at radius 3 is 2.38 bits per heavy atom. The predicted molar refractivity (Wildman–Crippen MR) is 101 cm³/mol. The summed E-state index contributed by atoms with van der Waals surface area (Å²) in [4.78, 5) is 28.8. The minimum absolute atomic E-state index is 0.0219. The highest BCUT2D eigenvalue weighted by Crippen LogP contribution is 2.23. The van der Waals surface area contributed by atoms with E-state index in [2.05, 4.69) is 9.71 Å². The lowest BCUT2D eigenvalue weighted by Gasteiger charge is -2.19. The lowest BCUT2D eigenvalue weighted by molar-refractivity contribution is -0.123. The van der Waals surface area contributed by atoms with Crippen LogP contribution in [-0.4, -0.2) is 48.9 Å². The van der Waals surface area contributed by atoms with E-state index in [0.29, 0.717) is 16.6 Å². The van der Waals surface area contributed by atoms with E-state index in [1.807, 2.05) is 0 Å². The normalized spacial score (nSPS) is 16.7. The number of benzene rings is 1. The average Bonchev–Trinajstić information content (AvgIpc) is 2.78. The number of carbonyl (C=O) groups is 2. The predicted octanol–water partition coefficient (Wildman–Crippen LogP) is 2.06. The highest BCUT2D eigenvalue weighted by atomic mass is 32.2. The molecule has 0 spiro atoms. The van der Waals surface area contributed by atoms with E-state index in [-0.39, 0.29) is 11.6 Å². The number of thioether (sulfide) groups is 1.